The van der Waals surface area contributed by atoms with Crippen molar-refractivity contribution in [2.24, 2.45) is 0 Å². The van der Waals surface area contributed by atoms with Gasteiger partial charge in [0.05, 0.1) is 32.0 Å². The van der Waals surface area contributed by atoms with Crippen molar-refractivity contribution in [1.82, 2.24) is 0 Å². The summed E-state index contributed by atoms with van der Waals surface area (Å²) < 4.78 is 53.4. The maximum atomic E-state index is 12.7. The summed E-state index contributed by atoms with van der Waals surface area (Å²) in [6.45, 7) is 1.55. The van der Waals surface area contributed by atoms with Crippen LogP contribution >= 0.6 is 15.6 Å². The first-order valence-electron chi connectivity index (χ1n) is 22.4. The van der Waals surface area contributed by atoms with Crippen LogP contribution in [-0.2, 0) is 46.5 Å². The molecule has 0 amide bonds. The van der Waals surface area contributed by atoms with Crippen LogP contribution in [0.4, 0.5) is 0 Å². The summed E-state index contributed by atoms with van der Waals surface area (Å²) in [7, 11) is -9.72. The fourth-order valence-electron chi connectivity index (χ4n) is 5.61. The van der Waals surface area contributed by atoms with Crippen molar-refractivity contribution in [1.29, 1.82) is 0 Å². The molecule has 0 saturated carbocycles. The van der Waals surface area contributed by atoms with Gasteiger partial charge in [-0.2, -0.15) is 0 Å². The number of aliphatic hydroxyl groups is 1. The highest BCUT2D eigenvalue weighted by atomic mass is 31.2. The molecule has 1 rings (SSSR count). The second-order valence-corrected chi connectivity index (χ2v) is 17.7. The molecule has 0 spiro atoms. The van der Waals surface area contributed by atoms with Crippen LogP contribution in [0.5, 0.6) is 0 Å². The van der Waals surface area contributed by atoms with E-state index in [0.717, 1.165) is 51.4 Å². The summed E-state index contributed by atoms with van der Waals surface area (Å²) in [6, 6.07) is 0. The Hall–Kier alpha value is -2.74. The standard InChI is InChI=1S/C46H76O14P2/c1-3-5-7-9-11-12-13-14-15-16-17-18-19-20-23-28-32-36-46(49)59-42(40-58-62(53,54)57-38-41(47)37-56-61(50,51)52)39-55-45(48)35-31-27-24-21-22-26-30-34-44-43(60-44)33-29-25-10-8-6-4-2/h11-12,14-15,17-18,20-21,23-26,29-30,41-44,47H,3-10,13,16,19,22,27-28,31-40H2,1-2H3,(H,53,54)(H2,50,51,52)/b12-11-,15-14-,18-17-,23-20-,24-21-,29-25-,30-26-/t41-,42+,43?,44?/m0/s1. The van der Waals surface area contributed by atoms with E-state index in [9.17, 15) is 28.7 Å². The van der Waals surface area contributed by atoms with E-state index in [4.69, 9.17) is 28.5 Å². The Labute approximate surface area is 371 Å². The zero-order chi connectivity index (χ0) is 45.6. The Morgan fingerprint density at radius 1 is 0.548 bits per heavy atom. The maximum absolute atomic E-state index is 12.7. The first-order chi connectivity index (χ1) is 29.8. The highest BCUT2D eigenvalue weighted by Crippen LogP contribution is 2.44. The number of phosphoric ester groups is 2. The molecule has 354 valence electrons. The number of allylic oxidation sites excluding steroid dienone is 12. The molecule has 14 nitrogen and oxygen atoms in total. The van der Waals surface area contributed by atoms with Crippen molar-refractivity contribution in [3.8, 4) is 0 Å². The van der Waals surface area contributed by atoms with Gasteiger partial charge < -0.3 is 34.0 Å². The zero-order valence-corrected chi connectivity index (χ0v) is 38.9. The van der Waals surface area contributed by atoms with Crippen molar-refractivity contribution in [2.45, 2.75) is 167 Å². The largest absolute Gasteiger partial charge is 0.472 e. The van der Waals surface area contributed by atoms with E-state index >= 15 is 0 Å². The zero-order valence-electron chi connectivity index (χ0n) is 37.1. The summed E-state index contributed by atoms with van der Waals surface area (Å²) in [5.74, 6) is -1.18. The number of carbonyl (C=O) groups excluding carboxylic acids is 2. The van der Waals surface area contributed by atoms with Crippen LogP contribution in [0.25, 0.3) is 0 Å². The molecule has 0 aromatic heterocycles. The third-order valence-corrected chi connectivity index (χ3v) is 10.6. The molecule has 16 heteroatoms. The molecule has 5 atom stereocenters. The smallest absolute Gasteiger partial charge is 0.462 e. The van der Waals surface area contributed by atoms with Gasteiger partial charge in [-0.3, -0.25) is 23.2 Å². The second kappa shape index (κ2) is 37.6. The summed E-state index contributed by atoms with van der Waals surface area (Å²) in [6.07, 6.45) is 44.7. The van der Waals surface area contributed by atoms with Gasteiger partial charge in [0.25, 0.3) is 0 Å². The van der Waals surface area contributed by atoms with E-state index in [-0.39, 0.29) is 12.8 Å². The Bertz CT molecular complexity index is 1480. The van der Waals surface area contributed by atoms with E-state index in [2.05, 4.69) is 83.7 Å². The van der Waals surface area contributed by atoms with Crippen molar-refractivity contribution >= 4 is 27.6 Å². The van der Waals surface area contributed by atoms with Crippen LogP contribution < -0.4 is 0 Å². The SMILES string of the molecule is CCCCC/C=C\C/C=C\C/C=C\C/C=C\CCCC(=O)O[C@H](COC(=O)CCC/C=C\C/C=C\CC1OC1C/C=C\CCCCC)COP(=O)(O)OC[C@@H](O)COP(=O)(O)O. The molecule has 0 radical (unpaired) electrons. The molecular formula is C46H76O14P2. The summed E-state index contributed by atoms with van der Waals surface area (Å²) in [5, 5.41) is 9.75. The van der Waals surface area contributed by atoms with Crippen molar-refractivity contribution in [2.75, 3.05) is 26.4 Å². The molecule has 1 fully saturated rings. The van der Waals surface area contributed by atoms with Crippen LogP contribution in [0, 0.1) is 0 Å². The maximum Gasteiger partial charge on any atom is 0.472 e. The van der Waals surface area contributed by atoms with Gasteiger partial charge in [0, 0.05) is 12.8 Å². The number of phosphoric acid groups is 2. The highest BCUT2D eigenvalue weighted by molar-refractivity contribution is 7.47. The third-order valence-electron chi connectivity index (χ3n) is 9.15. The van der Waals surface area contributed by atoms with Crippen LogP contribution in [0.3, 0.4) is 0 Å². The number of hydrogen-bond donors (Lipinski definition) is 4. The van der Waals surface area contributed by atoms with Gasteiger partial charge in [-0.05, 0) is 89.9 Å². The number of rotatable bonds is 40. The quantitative estimate of drug-likeness (QED) is 0.0148. The number of aliphatic hydroxyl groups excluding tert-OH is 1. The van der Waals surface area contributed by atoms with Crippen LogP contribution in [-0.4, -0.2) is 82.6 Å². The molecule has 0 aliphatic carbocycles. The number of esters is 2. The third kappa shape index (κ3) is 37.8. The minimum absolute atomic E-state index is 0.0365. The number of ether oxygens (including phenoxy) is 3. The van der Waals surface area contributed by atoms with Crippen LogP contribution in [0.15, 0.2) is 85.1 Å². The van der Waals surface area contributed by atoms with E-state index in [1.807, 2.05) is 24.3 Å². The van der Waals surface area contributed by atoms with Crippen LogP contribution in [0.2, 0.25) is 0 Å². The number of epoxide rings is 1. The lowest BCUT2D eigenvalue weighted by Crippen LogP contribution is -2.29. The monoisotopic (exact) mass is 914 g/mol. The Balaban J connectivity index is 2.44. The average Bonchev–Trinajstić information content (AvgIpc) is 3.99. The predicted molar refractivity (Wildman–Crippen MR) is 243 cm³/mol. The lowest BCUT2D eigenvalue weighted by Gasteiger charge is -2.20. The fraction of sp³-hybridized carbons (Fsp3) is 0.652. The Morgan fingerprint density at radius 2 is 0.968 bits per heavy atom. The molecule has 3 unspecified atom stereocenters. The molecule has 1 heterocycles. The van der Waals surface area contributed by atoms with Gasteiger partial charge in [0.1, 0.15) is 12.7 Å². The normalized spacial score (nSPS) is 18.0. The molecule has 62 heavy (non-hydrogen) atoms. The van der Waals surface area contributed by atoms with Gasteiger partial charge >= 0.3 is 27.6 Å². The van der Waals surface area contributed by atoms with E-state index < -0.39 is 66.2 Å². The fourth-order valence-corrected chi connectivity index (χ4v) is 6.76. The number of carbonyl (C=O) groups is 2. The Kier molecular flexibility index (Phi) is 34.8. The lowest BCUT2D eigenvalue weighted by molar-refractivity contribution is -0.161. The van der Waals surface area contributed by atoms with Crippen molar-refractivity contribution in [3.05, 3.63) is 85.1 Å². The van der Waals surface area contributed by atoms with Crippen molar-refractivity contribution < 1.29 is 66.3 Å². The molecular weight excluding hydrogens is 838 g/mol. The summed E-state index contributed by atoms with van der Waals surface area (Å²) in [4.78, 5) is 52.7. The molecule has 1 saturated heterocycles. The van der Waals surface area contributed by atoms with E-state index in [0.29, 0.717) is 37.9 Å². The van der Waals surface area contributed by atoms with E-state index in [1.54, 1.807) is 0 Å². The molecule has 0 aromatic rings. The number of hydrogen-bond acceptors (Lipinski definition) is 11. The van der Waals surface area contributed by atoms with Gasteiger partial charge in [0.2, 0.25) is 0 Å². The highest BCUT2D eigenvalue weighted by Gasteiger charge is 2.36. The molecule has 1 aliphatic rings. The average molecular weight is 915 g/mol. The topological polar surface area (TPSA) is 208 Å². The van der Waals surface area contributed by atoms with Gasteiger partial charge in [0.15, 0.2) is 6.10 Å². The Morgan fingerprint density at radius 3 is 1.48 bits per heavy atom. The van der Waals surface area contributed by atoms with Crippen molar-refractivity contribution in [3.63, 3.8) is 0 Å². The molecule has 4 N–H and O–H groups in total. The van der Waals surface area contributed by atoms with Gasteiger partial charge in [-0.1, -0.05) is 125 Å². The summed E-state index contributed by atoms with van der Waals surface area (Å²) >= 11 is 0. The minimum Gasteiger partial charge on any atom is -0.462 e. The molecule has 0 aromatic carbocycles. The number of unbranched alkanes of at least 4 members (excludes halogenated alkanes) is 8. The molecule has 0 bridgehead atoms. The molecule has 1 aliphatic heterocycles. The first kappa shape index (κ1) is 57.3. The minimum atomic E-state index is -4.88. The van der Waals surface area contributed by atoms with E-state index in [1.165, 1.54) is 38.5 Å². The van der Waals surface area contributed by atoms with Gasteiger partial charge in [-0.25, -0.2) is 9.13 Å². The second-order valence-electron chi connectivity index (χ2n) is 15.0. The van der Waals surface area contributed by atoms with Crippen LogP contribution in [0.1, 0.15) is 142 Å². The predicted octanol–water partition coefficient (Wildman–Crippen LogP) is 10.5. The first-order valence-corrected chi connectivity index (χ1v) is 25.4. The van der Waals surface area contributed by atoms with Gasteiger partial charge in [-0.15, -0.1) is 0 Å². The summed E-state index contributed by atoms with van der Waals surface area (Å²) in [5.41, 5.74) is 0. The lowest BCUT2D eigenvalue weighted by atomic mass is 10.1.